The number of rotatable bonds is 4. The number of carbonyl (C=O) groups excluding carboxylic acids is 1. The van der Waals surface area contributed by atoms with Crippen molar-refractivity contribution < 1.29 is 19.4 Å². The fourth-order valence-corrected chi connectivity index (χ4v) is 3.60. The van der Waals surface area contributed by atoms with Gasteiger partial charge in [-0.2, -0.15) is 0 Å². The van der Waals surface area contributed by atoms with Crippen LogP contribution in [0.3, 0.4) is 0 Å². The number of esters is 1. The minimum Gasteiger partial charge on any atom is -0.428 e. The highest BCUT2D eigenvalue weighted by Crippen LogP contribution is 2.37. The first-order chi connectivity index (χ1) is 10.6. The fraction of sp³-hybridized carbons (Fsp3) is 0.842. The van der Waals surface area contributed by atoms with Crippen molar-refractivity contribution in [2.45, 2.75) is 79.3 Å². The van der Waals surface area contributed by atoms with Crippen LogP contribution < -0.4 is 0 Å². The van der Waals surface area contributed by atoms with E-state index in [9.17, 15) is 9.90 Å². The number of cyclic esters (lactones) is 1. The van der Waals surface area contributed by atoms with Crippen LogP contribution in [0.15, 0.2) is 11.6 Å². The van der Waals surface area contributed by atoms with E-state index in [0.29, 0.717) is 23.3 Å². The molecule has 0 aromatic rings. The minimum atomic E-state index is -0.838. The highest BCUT2D eigenvalue weighted by molar-refractivity contribution is 5.91. The highest BCUT2D eigenvalue weighted by Gasteiger charge is 2.39. The maximum Gasteiger partial charge on any atom is 0.339 e. The lowest BCUT2D eigenvalue weighted by atomic mass is 9.75. The van der Waals surface area contributed by atoms with E-state index in [0.717, 1.165) is 12.8 Å². The number of ether oxygens (including phenoxy) is 2. The number of hydrogen-bond donors (Lipinski definition) is 1. The lowest BCUT2D eigenvalue weighted by Gasteiger charge is -2.37. The van der Waals surface area contributed by atoms with Gasteiger partial charge in [-0.15, -0.1) is 0 Å². The molecule has 0 bridgehead atoms. The predicted molar refractivity (Wildman–Crippen MR) is 89.6 cm³/mol. The molecule has 0 aromatic heterocycles. The molecule has 0 saturated heterocycles. The molecule has 2 rings (SSSR count). The standard InChI is InChI=1S/C19H32O4/c1-11(2)13-8-7-12(3)9-15(13)22-16-10-14(18(21)23-16)17(20)19(4,5)6/h10-13,15-17,20H,7-9H2,1-6H3/t12-,13+,15-,16-,17-/m1/s1. The first-order valence-electron chi connectivity index (χ1n) is 8.85. The third-order valence-electron chi connectivity index (χ3n) is 5.16. The van der Waals surface area contributed by atoms with Gasteiger partial charge in [0.25, 0.3) is 0 Å². The Morgan fingerprint density at radius 3 is 2.52 bits per heavy atom. The molecule has 1 N–H and O–H groups in total. The quantitative estimate of drug-likeness (QED) is 0.802. The summed E-state index contributed by atoms with van der Waals surface area (Å²) in [5.41, 5.74) is -0.0769. The maximum absolute atomic E-state index is 12.1. The van der Waals surface area contributed by atoms with Gasteiger partial charge < -0.3 is 14.6 Å². The number of aliphatic hydroxyl groups is 1. The van der Waals surface area contributed by atoms with Gasteiger partial charge in [-0.05, 0) is 42.1 Å². The molecule has 1 fully saturated rings. The number of carbonyl (C=O) groups is 1. The second kappa shape index (κ2) is 6.94. The molecule has 1 aliphatic heterocycles. The van der Waals surface area contributed by atoms with Crippen molar-refractivity contribution in [2.75, 3.05) is 0 Å². The van der Waals surface area contributed by atoms with Crippen LogP contribution >= 0.6 is 0 Å². The maximum atomic E-state index is 12.1. The Morgan fingerprint density at radius 2 is 1.96 bits per heavy atom. The third kappa shape index (κ3) is 4.36. The zero-order chi connectivity index (χ0) is 17.4. The molecule has 0 spiro atoms. The molecule has 0 radical (unpaired) electrons. The Morgan fingerprint density at radius 1 is 1.30 bits per heavy atom. The number of hydrogen-bond acceptors (Lipinski definition) is 4. The summed E-state index contributed by atoms with van der Waals surface area (Å²) in [5, 5.41) is 10.3. The predicted octanol–water partition coefficient (Wildman–Crippen LogP) is 3.68. The van der Waals surface area contributed by atoms with E-state index in [2.05, 4.69) is 20.8 Å². The molecule has 5 atom stereocenters. The molecule has 132 valence electrons. The van der Waals surface area contributed by atoms with E-state index in [4.69, 9.17) is 9.47 Å². The van der Waals surface area contributed by atoms with Gasteiger partial charge in [0.15, 0.2) is 0 Å². The second-order valence-corrected chi connectivity index (χ2v) is 8.66. The van der Waals surface area contributed by atoms with Gasteiger partial charge in [-0.3, -0.25) is 0 Å². The van der Waals surface area contributed by atoms with Crippen LogP contribution in [-0.2, 0) is 14.3 Å². The largest absolute Gasteiger partial charge is 0.428 e. The average molecular weight is 324 g/mol. The first-order valence-corrected chi connectivity index (χ1v) is 8.85. The van der Waals surface area contributed by atoms with Gasteiger partial charge in [0.05, 0.1) is 17.8 Å². The molecular weight excluding hydrogens is 292 g/mol. The highest BCUT2D eigenvalue weighted by atomic mass is 16.7. The Hall–Kier alpha value is -0.870. The summed E-state index contributed by atoms with van der Waals surface area (Å²) in [6.07, 6.45) is 3.67. The fourth-order valence-electron chi connectivity index (χ4n) is 3.60. The summed E-state index contributed by atoms with van der Waals surface area (Å²) < 4.78 is 11.5. The molecular formula is C19H32O4. The van der Waals surface area contributed by atoms with E-state index >= 15 is 0 Å². The average Bonchev–Trinajstić information content (AvgIpc) is 2.77. The van der Waals surface area contributed by atoms with Crippen molar-refractivity contribution in [3.05, 3.63) is 11.6 Å². The zero-order valence-electron chi connectivity index (χ0n) is 15.3. The van der Waals surface area contributed by atoms with E-state index < -0.39 is 23.8 Å². The minimum absolute atomic E-state index is 0.110. The topological polar surface area (TPSA) is 55.8 Å². The summed E-state index contributed by atoms with van der Waals surface area (Å²) in [7, 11) is 0. The summed E-state index contributed by atoms with van der Waals surface area (Å²) in [5.74, 6) is 1.22. The second-order valence-electron chi connectivity index (χ2n) is 8.66. The van der Waals surface area contributed by atoms with Crippen LogP contribution in [0, 0.1) is 23.2 Å². The molecule has 1 heterocycles. The Balaban J connectivity index is 2.07. The van der Waals surface area contributed by atoms with Crippen molar-refractivity contribution in [2.24, 2.45) is 23.2 Å². The molecule has 2 aliphatic rings. The van der Waals surface area contributed by atoms with Gasteiger partial charge in [0, 0.05) is 0 Å². The molecule has 23 heavy (non-hydrogen) atoms. The lowest BCUT2D eigenvalue weighted by Crippen LogP contribution is -2.36. The van der Waals surface area contributed by atoms with Crippen LogP contribution in [0.2, 0.25) is 0 Å². The van der Waals surface area contributed by atoms with Crippen molar-refractivity contribution in [1.82, 2.24) is 0 Å². The SMILES string of the molecule is CC(C)[C@@H]1CC[C@@H](C)C[C@H]1O[C@H]1C=C([C@@H](O)C(C)(C)C)C(=O)O1. The monoisotopic (exact) mass is 324 g/mol. The Bertz CT molecular complexity index is 460. The summed E-state index contributed by atoms with van der Waals surface area (Å²) in [6.45, 7) is 12.4. The Kier molecular flexibility index (Phi) is 5.57. The zero-order valence-corrected chi connectivity index (χ0v) is 15.3. The normalized spacial score (nSPS) is 33.6. The first kappa shape index (κ1) is 18.5. The molecule has 4 nitrogen and oxygen atoms in total. The van der Waals surface area contributed by atoms with Crippen LogP contribution in [0.25, 0.3) is 0 Å². The molecule has 0 unspecified atom stereocenters. The van der Waals surface area contributed by atoms with Crippen LogP contribution in [0.4, 0.5) is 0 Å². The molecule has 4 heteroatoms. The van der Waals surface area contributed by atoms with Crippen molar-refractivity contribution >= 4 is 5.97 Å². The van der Waals surface area contributed by atoms with Gasteiger partial charge in [0.1, 0.15) is 0 Å². The number of aliphatic hydroxyl groups excluding tert-OH is 1. The van der Waals surface area contributed by atoms with Gasteiger partial charge in [-0.1, -0.05) is 48.0 Å². The Labute approximate surface area is 140 Å². The van der Waals surface area contributed by atoms with Gasteiger partial charge in [0.2, 0.25) is 6.29 Å². The van der Waals surface area contributed by atoms with E-state index in [1.807, 2.05) is 20.8 Å². The van der Waals surface area contributed by atoms with E-state index in [1.165, 1.54) is 6.42 Å². The third-order valence-corrected chi connectivity index (χ3v) is 5.16. The van der Waals surface area contributed by atoms with Gasteiger partial charge >= 0.3 is 5.97 Å². The molecule has 1 aliphatic carbocycles. The van der Waals surface area contributed by atoms with Crippen molar-refractivity contribution in [3.8, 4) is 0 Å². The van der Waals surface area contributed by atoms with Crippen LogP contribution in [0.5, 0.6) is 0 Å². The molecule has 0 aromatic carbocycles. The van der Waals surface area contributed by atoms with Crippen LogP contribution in [-0.4, -0.2) is 29.6 Å². The summed E-state index contributed by atoms with van der Waals surface area (Å²) in [6, 6.07) is 0. The molecule has 1 saturated carbocycles. The lowest BCUT2D eigenvalue weighted by molar-refractivity contribution is -0.179. The summed E-state index contributed by atoms with van der Waals surface area (Å²) in [4.78, 5) is 12.1. The van der Waals surface area contributed by atoms with Crippen molar-refractivity contribution in [1.29, 1.82) is 0 Å². The summed E-state index contributed by atoms with van der Waals surface area (Å²) >= 11 is 0. The smallest absolute Gasteiger partial charge is 0.339 e. The van der Waals surface area contributed by atoms with Crippen molar-refractivity contribution in [3.63, 3.8) is 0 Å². The van der Waals surface area contributed by atoms with E-state index in [-0.39, 0.29) is 6.10 Å². The molecule has 0 amide bonds. The van der Waals surface area contributed by atoms with Crippen LogP contribution in [0.1, 0.15) is 60.8 Å². The van der Waals surface area contributed by atoms with E-state index in [1.54, 1.807) is 6.08 Å². The van der Waals surface area contributed by atoms with Gasteiger partial charge in [-0.25, -0.2) is 4.79 Å².